The zero-order valence-corrected chi connectivity index (χ0v) is 10.1. The average Bonchev–Trinajstić information content (AvgIpc) is 3.01. The predicted molar refractivity (Wildman–Crippen MR) is 65.1 cm³/mol. The summed E-state index contributed by atoms with van der Waals surface area (Å²) in [5, 5.41) is 0. The molecule has 0 amide bonds. The van der Waals surface area contributed by atoms with Gasteiger partial charge in [-0.3, -0.25) is 0 Å². The minimum absolute atomic E-state index is 0.0394. The van der Waals surface area contributed by atoms with Crippen LogP contribution >= 0.6 is 0 Å². The first kappa shape index (κ1) is 13.4. The summed E-state index contributed by atoms with van der Waals surface area (Å²) in [5.41, 5.74) is 11.1. The third kappa shape index (κ3) is 6.74. The molecule has 4 nitrogen and oxygen atoms in total. The van der Waals surface area contributed by atoms with Gasteiger partial charge in [-0.05, 0) is 13.8 Å². The van der Waals surface area contributed by atoms with E-state index < -0.39 is 0 Å². The van der Waals surface area contributed by atoms with Crippen molar-refractivity contribution in [3.05, 3.63) is 24.3 Å². The van der Waals surface area contributed by atoms with Gasteiger partial charge in [0.2, 0.25) is 0 Å². The fourth-order valence-corrected chi connectivity index (χ4v) is 0.861. The van der Waals surface area contributed by atoms with Gasteiger partial charge in [0.25, 0.3) is 0 Å². The number of epoxide rings is 2. The summed E-state index contributed by atoms with van der Waals surface area (Å²) in [6.07, 6.45) is 8.24. The number of allylic oxidation sites excluding steroid dienone is 2. The third-order valence-electron chi connectivity index (χ3n) is 2.31. The van der Waals surface area contributed by atoms with Crippen molar-refractivity contribution in [1.29, 1.82) is 0 Å². The van der Waals surface area contributed by atoms with Gasteiger partial charge >= 0.3 is 0 Å². The van der Waals surface area contributed by atoms with Crippen molar-refractivity contribution in [2.24, 2.45) is 11.5 Å². The molecular formula is C12H22N2O2. The molecule has 0 aromatic heterocycles. The number of hydrogen-bond donors (Lipinski definition) is 2. The molecule has 2 fully saturated rings. The second kappa shape index (κ2) is 6.15. The number of rotatable bonds is 0. The first-order valence-corrected chi connectivity index (χ1v) is 5.62. The molecule has 2 saturated heterocycles. The lowest BCUT2D eigenvalue weighted by Crippen LogP contribution is -2.51. The van der Waals surface area contributed by atoms with Crippen LogP contribution in [-0.4, -0.2) is 37.5 Å². The molecular weight excluding hydrogens is 204 g/mol. The monoisotopic (exact) mass is 226 g/mol. The minimum atomic E-state index is -0.352. The van der Waals surface area contributed by atoms with E-state index in [1.165, 1.54) is 0 Å². The highest BCUT2D eigenvalue weighted by molar-refractivity contribution is 5.24. The van der Waals surface area contributed by atoms with Gasteiger partial charge in [0.1, 0.15) is 0 Å². The first-order valence-electron chi connectivity index (χ1n) is 5.62. The van der Waals surface area contributed by atoms with Crippen molar-refractivity contribution in [2.45, 2.75) is 31.5 Å². The van der Waals surface area contributed by atoms with Gasteiger partial charge in [-0.15, -0.1) is 0 Å². The standard InChI is InChI=1S/C7H12N2.C3H6O.C2H4O/c1-7(9)5-3-2-4-6(7)8;1-3-2-4-3;1-2-3-1/h2-6H,8-9H2,1H3;3H,2H2,1H3;1-2H2. The van der Waals surface area contributed by atoms with Crippen LogP contribution in [0.15, 0.2) is 24.3 Å². The normalized spacial score (nSPS) is 37.8. The second-order valence-electron chi connectivity index (χ2n) is 4.39. The van der Waals surface area contributed by atoms with Crippen molar-refractivity contribution in [2.75, 3.05) is 19.8 Å². The number of nitrogens with two attached hydrogens (primary N) is 2. The molecule has 0 aromatic rings. The molecule has 0 spiro atoms. The quantitative estimate of drug-likeness (QED) is 0.592. The Morgan fingerprint density at radius 1 is 1.31 bits per heavy atom. The van der Waals surface area contributed by atoms with Crippen molar-refractivity contribution in [3.63, 3.8) is 0 Å². The summed E-state index contributed by atoms with van der Waals surface area (Å²) in [5.74, 6) is 0. The molecule has 0 bridgehead atoms. The van der Waals surface area contributed by atoms with Crippen LogP contribution in [0.1, 0.15) is 13.8 Å². The summed E-state index contributed by atoms with van der Waals surface area (Å²) in [6, 6.07) is -0.0394. The first-order chi connectivity index (χ1) is 7.52. The molecule has 0 saturated carbocycles. The van der Waals surface area contributed by atoms with Crippen molar-refractivity contribution < 1.29 is 9.47 Å². The van der Waals surface area contributed by atoms with E-state index in [-0.39, 0.29) is 11.6 Å². The second-order valence-corrected chi connectivity index (χ2v) is 4.39. The molecule has 0 radical (unpaired) electrons. The third-order valence-corrected chi connectivity index (χ3v) is 2.31. The molecule has 1 aliphatic carbocycles. The van der Waals surface area contributed by atoms with E-state index in [4.69, 9.17) is 16.2 Å². The molecule has 2 heterocycles. The van der Waals surface area contributed by atoms with Crippen LogP contribution in [0.25, 0.3) is 0 Å². The molecule has 3 atom stereocenters. The zero-order chi connectivity index (χ0) is 12.0. The topological polar surface area (TPSA) is 77.1 Å². The molecule has 3 aliphatic rings. The highest BCUT2D eigenvalue weighted by Gasteiger charge is 2.22. The fraction of sp³-hybridized carbons (Fsp3) is 0.667. The lowest BCUT2D eigenvalue weighted by molar-refractivity contribution is 0.423. The molecule has 2 aliphatic heterocycles. The van der Waals surface area contributed by atoms with Crippen molar-refractivity contribution >= 4 is 0 Å². The van der Waals surface area contributed by atoms with E-state index in [0.29, 0.717) is 6.10 Å². The Morgan fingerprint density at radius 2 is 1.81 bits per heavy atom. The number of hydrogen-bond acceptors (Lipinski definition) is 4. The SMILES string of the molecule is C1CO1.CC1(N)C=CC=CC1N.CC1CO1. The molecule has 16 heavy (non-hydrogen) atoms. The minimum Gasteiger partial charge on any atom is -0.377 e. The summed E-state index contributed by atoms with van der Waals surface area (Å²) in [7, 11) is 0. The van der Waals surface area contributed by atoms with E-state index in [1.807, 2.05) is 31.2 Å². The molecule has 92 valence electrons. The van der Waals surface area contributed by atoms with Crippen molar-refractivity contribution in [3.8, 4) is 0 Å². The Hall–Kier alpha value is -0.680. The van der Waals surface area contributed by atoms with E-state index in [1.54, 1.807) is 0 Å². The lowest BCUT2D eigenvalue weighted by atomic mass is 9.90. The van der Waals surface area contributed by atoms with E-state index in [0.717, 1.165) is 19.8 Å². The van der Waals surface area contributed by atoms with Crippen molar-refractivity contribution in [1.82, 2.24) is 0 Å². The van der Waals surface area contributed by atoms with Crippen LogP contribution < -0.4 is 11.5 Å². The highest BCUT2D eigenvalue weighted by Crippen LogP contribution is 2.11. The lowest BCUT2D eigenvalue weighted by Gasteiger charge is -2.27. The fourth-order valence-electron chi connectivity index (χ4n) is 0.861. The van der Waals surface area contributed by atoms with E-state index in [2.05, 4.69) is 11.7 Å². The van der Waals surface area contributed by atoms with Crippen LogP contribution in [0.4, 0.5) is 0 Å². The Morgan fingerprint density at radius 3 is 2.00 bits per heavy atom. The van der Waals surface area contributed by atoms with Gasteiger partial charge < -0.3 is 20.9 Å². The van der Waals surface area contributed by atoms with E-state index >= 15 is 0 Å². The highest BCUT2D eigenvalue weighted by atomic mass is 16.6. The maximum absolute atomic E-state index is 5.76. The largest absolute Gasteiger partial charge is 0.377 e. The van der Waals surface area contributed by atoms with Gasteiger partial charge in [0.05, 0.1) is 31.5 Å². The zero-order valence-electron chi connectivity index (χ0n) is 10.1. The predicted octanol–water partition coefficient (Wildman–Crippen LogP) is 0.579. The molecule has 4 N–H and O–H groups in total. The van der Waals surface area contributed by atoms with Crippen LogP contribution in [0.3, 0.4) is 0 Å². The van der Waals surface area contributed by atoms with Crippen LogP contribution in [0.2, 0.25) is 0 Å². The van der Waals surface area contributed by atoms with Gasteiger partial charge in [-0.2, -0.15) is 0 Å². The molecule has 4 heteroatoms. The Bertz CT molecular complexity index is 253. The molecule has 3 unspecified atom stereocenters. The Labute approximate surface area is 97.3 Å². The Balaban J connectivity index is 0.000000148. The molecule has 3 rings (SSSR count). The summed E-state index contributed by atoms with van der Waals surface area (Å²) < 4.78 is 9.21. The maximum atomic E-state index is 5.76. The van der Waals surface area contributed by atoms with Gasteiger partial charge in [-0.1, -0.05) is 24.3 Å². The van der Waals surface area contributed by atoms with Gasteiger partial charge in [-0.25, -0.2) is 0 Å². The Kier molecular flexibility index (Phi) is 5.15. The van der Waals surface area contributed by atoms with Crippen LogP contribution in [-0.2, 0) is 9.47 Å². The number of ether oxygens (including phenoxy) is 2. The summed E-state index contributed by atoms with van der Waals surface area (Å²) >= 11 is 0. The average molecular weight is 226 g/mol. The smallest absolute Gasteiger partial charge is 0.0781 e. The van der Waals surface area contributed by atoms with Crippen LogP contribution in [0.5, 0.6) is 0 Å². The summed E-state index contributed by atoms with van der Waals surface area (Å²) in [6.45, 7) is 6.96. The van der Waals surface area contributed by atoms with E-state index in [9.17, 15) is 0 Å². The van der Waals surface area contributed by atoms with Gasteiger partial charge in [0, 0.05) is 6.04 Å². The van der Waals surface area contributed by atoms with Crippen LogP contribution in [0, 0.1) is 0 Å². The molecule has 0 aromatic carbocycles. The summed E-state index contributed by atoms with van der Waals surface area (Å²) in [4.78, 5) is 0. The maximum Gasteiger partial charge on any atom is 0.0781 e. The van der Waals surface area contributed by atoms with Gasteiger partial charge in [0.15, 0.2) is 0 Å².